The molecule has 1 saturated carbocycles. The van der Waals surface area contributed by atoms with Crippen LogP contribution in [0.5, 0.6) is 0 Å². The minimum atomic E-state index is 0.0864. The fourth-order valence-electron chi connectivity index (χ4n) is 2.51. The molecule has 1 fully saturated rings. The van der Waals surface area contributed by atoms with Gasteiger partial charge in [-0.15, -0.1) is 0 Å². The van der Waals surface area contributed by atoms with Gasteiger partial charge in [0.25, 0.3) is 0 Å². The van der Waals surface area contributed by atoms with E-state index < -0.39 is 0 Å². The van der Waals surface area contributed by atoms with E-state index in [1.54, 1.807) is 6.20 Å². The van der Waals surface area contributed by atoms with E-state index in [9.17, 15) is 0 Å². The van der Waals surface area contributed by atoms with Crippen LogP contribution in [-0.2, 0) is 6.54 Å². The Hall–Kier alpha value is -0.800. The fraction of sp³-hybridized carbons (Fsp3) is 0.706. The maximum atomic E-state index is 6.30. The van der Waals surface area contributed by atoms with Gasteiger partial charge in [0.2, 0.25) is 0 Å². The molecule has 1 aromatic rings. The van der Waals surface area contributed by atoms with Crippen LogP contribution in [-0.4, -0.2) is 23.6 Å². The summed E-state index contributed by atoms with van der Waals surface area (Å²) in [5.74, 6) is 1.90. The van der Waals surface area contributed by atoms with Crippen molar-refractivity contribution in [3.8, 4) is 0 Å². The van der Waals surface area contributed by atoms with Crippen molar-refractivity contribution < 1.29 is 0 Å². The van der Waals surface area contributed by atoms with Crippen LogP contribution in [0.25, 0.3) is 0 Å². The zero-order valence-electron chi connectivity index (χ0n) is 13.7. The Labute approximate surface area is 134 Å². The van der Waals surface area contributed by atoms with Gasteiger partial charge in [-0.3, -0.25) is 0 Å². The lowest BCUT2D eigenvalue weighted by Gasteiger charge is -2.32. The molecule has 1 N–H and O–H groups in total. The predicted molar refractivity (Wildman–Crippen MR) is 91.1 cm³/mol. The van der Waals surface area contributed by atoms with E-state index in [0.717, 1.165) is 42.0 Å². The van der Waals surface area contributed by atoms with Gasteiger partial charge in [0.05, 0.1) is 5.02 Å². The third-order valence-corrected chi connectivity index (χ3v) is 4.48. The third-order valence-electron chi connectivity index (χ3n) is 4.14. The molecule has 0 bridgehead atoms. The first-order valence-electron chi connectivity index (χ1n) is 8.03. The topological polar surface area (TPSA) is 28.2 Å². The van der Waals surface area contributed by atoms with E-state index in [-0.39, 0.29) is 5.54 Å². The molecule has 118 valence electrons. The van der Waals surface area contributed by atoms with Gasteiger partial charge in [-0.05, 0) is 58.1 Å². The highest BCUT2D eigenvalue weighted by atomic mass is 35.5. The number of halogens is 1. The van der Waals surface area contributed by atoms with Gasteiger partial charge in [0.1, 0.15) is 5.82 Å². The molecule has 1 aliphatic carbocycles. The summed E-state index contributed by atoms with van der Waals surface area (Å²) in [6, 6.07) is 2.14. The van der Waals surface area contributed by atoms with Crippen LogP contribution >= 0.6 is 11.6 Å². The Morgan fingerprint density at radius 1 is 1.38 bits per heavy atom. The minimum Gasteiger partial charge on any atom is -0.357 e. The van der Waals surface area contributed by atoms with E-state index in [1.165, 1.54) is 19.3 Å². The van der Waals surface area contributed by atoms with E-state index in [1.807, 2.05) is 0 Å². The van der Waals surface area contributed by atoms with Crippen molar-refractivity contribution in [3.05, 3.63) is 22.8 Å². The van der Waals surface area contributed by atoms with Crippen LogP contribution in [0.1, 0.15) is 52.5 Å². The van der Waals surface area contributed by atoms with Gasteiger partial charge >= 0.3 is 0 Å². The Bertz CT molecular complexity index is 464. The van der Waals surface area contributed by atoms with Crippen molar-refractivity contribution in [1.82, 2.24) is 10.3 Å². The second-order valence-corrected chi connectivity index (χ2v) is 7.48. The molecule has 0 unspecified atom stereocenters. The predicted octanol–water partition coefficient (Wildman–Crippen LogP) is 4.25. The van der Waals surface area contributed by atoms with Crippen LogP contribution in [0.15, 0.2) is 12.3 Å². The summed E-state index contributed by atoms with van der Waals surface area (Å²) in [4.78, 5) is 6.91. The van der Waals surface area contributed by atoms with Gasteiger partial charge in [-0.2, -0.15) is 0 Å². The van der Waals surface area contributed by atoms with Gasteiger partial charge in [-0.25, -0.2) is 4.98 Å². The lowest BCUT2D eigenvalue weighted by atomic mass is 9.85. The number of nitrogens with zero attached hydrogens (tertiary/aromatic N) is 2. The molecule has 1 heterocycles. The first kappa shape index (κ1) is 16.6. The molecule has 0 amide bonds. The largest absolute Gasteiger partial charge is 0.357 e. The van der Waals surface area contributed by atoms with Crippen molar-refractivity contribution in [3.63, 3.8) is 0 Å². The summed E-state index contributed by atoms with van der Waals surface area (Å²) < 4.78 is 0. The fourth-order valence-corrected chi connectivity index (χ4v) is 2.68. The van der Waals surface area contributed by atoms with Crippen molar-refractivity contribution in [2.45, 2.75) is 59.0 Å². The first-order chi connectivity index (χ1) is 9.89. The molecule has 3 nitrogen and oxygen atoms in total. The summed E-state index contributed by atoms with van der Waals surface area (Å²) in [7, 11) is 0. The first-order valence-corrected chi connectivity index (χ1v) is 8.41. The van der Waals surface area contributed by atoms with Crippen molar-refractivity contribution >= 4 is 17.4 Å². The minimum absolute atomic E-state index is 0.0864. The summed E-state index contributed by atoms with van der Waals surface area (Å²) in [5, 5.41) is 4.24. The molecule has 0 radical (unpaired) electrons. The molecule has 1 aliphatic rings. The number of hydrogen-bond donors (Lipinski definition) is 1. The van der Waals surface area contributed by atoms with Gasteiger partial charge in [-0.1, -0.05) is 18.0 Å². The molecule has 4 heteroatoms. The maximum absolute atomic E-state index is 6.30. The van der Waals surface area contributed by atoms with Crippen LogP contribution in [0.2, 0.25) is 5.02 Å². The lowest BCUT2D eigenvalue weighted by Crippen LogP contribution is -2.35. The smallest absolute Gasteiger partial charge is 0.128 e. The van der Waals surface area contributed by atoms with Gasteiger partial charge < -0.3 is 10.2 Å². The number of rotatable bonds is 6. The Kier molecular flexibility index (Phi) is 5.50. The highest BCUT2D eigenvalue weighted by Gasteiger charge is 2.21. The normalized spacial score (nSPS) is 15.9. The maximum Gasteiger partial charge on any atom is 0.128 e. The van der Waals surface area contributed by atoms with Crippen LogP contribution < -0.4 is 10.2 Å². The van der Waals surface area contributed by atoms with E-state index in [0.29, 0.717) is 0 Å². The van der Waals surface area contributed by atoms with Crippen molar-refractivity contribution in [1.29, 1.82) is 0 Å². The number of hydrogen-bond acceptors (Lipinski definition) is 3. The third kappa shape index (κ3) is 4.86. The summed E-state index contributed by atoms with van der Waals surface area (Å²) in [5.41, 5.74) is 1.21. The average molecular weight is 310 g/mol. The summed E-state index contributed by atoms with van der Waals surface area (Å²) in [6.07, 6.45) is 5.90. The van der Waals surface area contributed by atoms with Gasteiger partial charge in [0, 0.05) is 31.4 Å². The second kappa shape index (κ2) is 6.97. The summed E-state index contributed by atoms with van der Waals surface area (Å²) in [6.45, 7) is 11.6. The molecular weight excluding hydrogens is 282 g/mol. The molecule has 0 atom stereocenters. The number of pyridine rings is 1. The molecule has 0 spiro atoms. The number of anilines is 1. The zero-order chi connectivity index (χ0) is 15.5. The number of aromatic nitrogens is 1. The lowest BCUT2D eigenvalue weighted by molar-refractivity contribution is 0.318. The molecule has 0 aliphatic heterocycles. The molecular formula is C17H28ClN3. The SMILES string of the molecule is CCN(CC1CCC1)c1cc(CNC(C)(C)C)c(Cl)cn1. The monoisotopic (exact) mass is 309 g/mol. The average Bonchev–Trinajstić information content (AvgIpc) is 2.36. The van der Waals surface area contributed by atoms with Crippen molar-refractivity contribution in [2.24, 2.45) is 5.92 Å². The molecule has 21 heavy (non-hydrogen) atoms. The highest BCUT2D eigenvalue weighted by Crippen LogP contribution is 2.29. The summed E-state index contributed by atoms with van der Waals surface area (Å²) >= 11 is 6.30. The van der Waals surface area contributed by atoms with E-state index in [4.69, 9.17) is 11.6 Å². The highest BCUT2D eigenvalue weighted by molar-refractivity contribution is 6.31. The van der Waals surface area contributed by atoms with Crippen LogP contribution in [0.3, 0.4) is 0 Å². The standard InChI is InChI=1S/C17H28ClN3/c1-5-21(12-13-7-6-8-13)16-9-14(15(18)11-19-16)10-20-17(2,3)4/h9,11,13,20H,5-8,10,12H2,1-4H3. The quantitative estimate of drug-likeness (QED) is 0.851. The van der Waals surface area contributed by atoms with E-state index >= 15 is 0 Å². The number of nitrogens with one attached hydrogen (secondary N) is 1. The van der Waals surface area contributed by atoms with Crippen LogP contribution in [0, 0.1) is 5.92 Å². The molecule has 1 aromatic heterocycles. The Morgan fingerprint density at radius 3 is 2.62 bits per heavy atom. The van der Waals surface area contributed by atoms with Gasteiger partial charge in [0.15, 0.2) is 0 Å². The van der Waals surface area contributed by atoms with Crippen molar-refractivity contribution in [2.75, 3.05) is 18.0 Å². The van der Waals surface area contributed by atoms with Crippen LogP contribution in [0.4, 0.5) is 5.82 Å². The Morgan fingerprint density at radius 2 is 2.10 bits per heavy atom. The zero-order valence-corrected chi connectivity index (χ0v) is 14.5. The molecule has 2 rings (SSSR count). The second-order valence-electron chi connectivity index (χ2n) is 7.07. The Balaban J connectivity index is 2.08. The molecule has 0 saturated heterocycles. The molecule has 0 aromatic carbocycles. The van der Waals surface area contributed by atoms with E-state index in [2.05, 4.69) is 49.0 Å².